The highest BCUT2D eigenvalue weighted by molar-refractivity contribution is 6.00. The Morgan fingerprint density at radius 1 is 1.03 bits per heavy atom. The number of fused-ring (bicyclic) bond motifs is 1. The average Bonchev–Trinajstić information content (AvgIpc) is 3.16. The number of esters is 1. The van der Waals surface area contributed by atoms with E-state index in [1.54, 1.807) is 17.7 Å². The van der Waals surface area contributed by atoms with E-state index < -0.39 is 18.1 Å². The number of benzene rings is 2. The van der Waals surface area contributed by atoms with Gasteiger partial charge in [0.2, 0.25) is 0 Å². The predicted octanol–water partition coefficient (Wildman–Crippen LogP) is 3.16. The number of hydrogen-bond acceptors (Lipinski definition) is 5. The number of hydrogen-bond donors (Lipinski definition) is 2. The van der Waals surface area contributed by atoms with Gasteiger partial charge in [-0.2, -0.15) is 0 Å². The fourth-order valence-electron chi connectivity index (χ4n) is 3.40. The van der Waals surface area contributed by atoms with Crippen LogP contribution in [0.1, 0.15) is 28.9 Å². The molecule has 0 radical (unpaired) electrons. The Hall–Kier alpha value is -3.81. The number of ether oxygens (including phenoxy) is 2. The van der Waals surface area contributed by atoms with Crippen LogP contribution in [-0.4, -0.2) is 42.2 Å². The molecule has 0 spiro atoms. The monoisotopic (exact) mass is 437 g/mol. The second kappa shape index (κ2) is 11.0. The van der Waals surface area contributed by atoms with E-state index in [1.165, 1.54) is 7.11 Å². The lowest BCUT2D eigenvalue weighted by Crippen LogP contribution is -2.42. The van der Waals surface area contributed by atoms with E-state index in [1.807, 2.05) is 54.6 Å². The van der Waals surface area contributed by atoms with Gasteiger partial charge < -0.3 is 24.7 Å². The summed E-state index contributed by atoms with van der Waals surface area (Å²) in [6, 6.07) is 18.0. The van der Waals surface area contributed by atoms with Crippen LogP contribution in [0.2, 0.25) is 0 Å². The van der Waals surface area contributed by atoms with Crippen molar-refractivity contribution in [2.24, 2.45) is 7.05 Å². The van der Waals surface area contributed by atoms with Crippen LogP contribution in [0.3, 0.4) is 0 Å². The van der Waals surface area contributed by atoms with E-state index in [0.717, 1.165) is 16.5 Å². The smallest absolute Gasteiger partial charge is 0.407 e. The summed E-state index contributed by atoms with van der Waals surface area (Å²) in [7, 11) is 3.08. The quantitative estimate of drug-likeness (QED) is 0.396. The number of methoxy groups -OCH3 is 1. The molecule has 3 rings (SSSR count). The predicted molar refractivity (Wildman–Crippen MR) is 120 cm³/mol. The molecule has 0 unspecified atom stereocenters. The number of carbonyl (C=O) groups is 3. The van der Waals surface area contributed by atoms with Crippen LogP contribution < -0.4 is 10.6 Å². The van der Waals surface area contributed by atoms with Crippen molar-refractivity contribution in [3.05, 3.63) is 71.9 Å². The number of rotatable bonds is 9. The van der Waals surface area contributed by atoms with Crippen molar-refractivity contribution in [3.8, 4) is 0 Å². The molecule has 2 N–H and O–H groups in total. The first-order valence-electron chi connectivity index (χ1n) is 10.4. The van der Waals surface area contributed by atoms with E-state index in [0.29, 0.717) is 25.1 Å². The SMILES string of the molecule is COC(=O)[C@H](CCCNC(=O)OCc1ccccc1)NC(=O)c1cc2ccccc2n1C. The molecule has 0 aliphatic rings. The van der Waals surface area contributed by atoms with Gasteiger partial charge in [-0.15, -0.1) is 0 Å². The van der Waals surface area contributed by atoms with Crippen molar-refractivity contribution in [3.63, 3.8) is 0 Å². The third-order valence-electron chi connectivity index (χ3n) is 5.13. The third kappa shape index (κ3) is 5.87. The van der Waals surface area contributed by atoms with Crippen molar-refractivity contribution in [2.45, 2.75) is 25.5 Å². The molecule has 1 aromatic heterocycles. The Kier molecular flexibility index (Phi) is 7.85. The Morgan fingerprint density at radius 3 is 2.47 bits per heavy atom. The van der Waals surface area contributed by atoms with Crippen molar-refractivity contribution < 1.29 is 23.9 Å². The van der Waals surface area contributed by atoms with Crippen LogP contribution in [-0.2, 0) is 27.9 Å². The fraction of sp³-hybridized carbons (Fsp3) is 0.292. The number of aryl methyl sites for hydroxylation is 1. The summed E-state index contributed by atoms with van der Waals surface area (Å²) in [6.07, 6.45) is 0.222. The number of para-hydroxylation sites is 1. The molecule has 3 aromatic rings. The Morgan fingerprint density at radius 2 is 1.75 bits per heavy atom. The first-order chi connectivity index (χ1) is 15.5. The van der Waals surface area contributed by atoms with E-state index in [-0.39, 0.29) is 12.5 Å². The van der Waals surface area contributed by atoms with Crippen LogP contribution >= 0.6 is 0 Å². The first-order valence-corrected chi connectivity index (χ1v) is 10.4. The van der Waals surface area contributed by atoms with Crippen molar-refractivity contribution in [1.29, 1.82) is 0 Å². The molecule has 32 heavy (non-hydrogen) atoms. The summed E-state index contributed by atoms with van der Waals surface area (Å²) in [6.45, 7) is 0.476. The lowest BCUT2D eigenvalue weighted by molar-refractivity contribution is -0.143. The maximum atomic E-state index is 12.8. The van der Waals surface area contributed by atoms with Crippen molar-refractivity contribution in [1.82, 2.24) is 15.2 Å². The summed E-state index contributed by atoms with van der Waals surface area (Å²) >= 11 is 0. The zero-order chi connectivity index (χ0) is 22.9. The van der Waals surface area contributed by atoms with E-state index >= 15 is 0 Å². The highest BCUT2D eigenvalue weighted by atomic mass is 16.5. The molecule has 0 aliphatic heterocycles. The molecule has 1 atom stereocenters. The highest BCUT2D eigenvalue weighted by Gasteiger charge is 2.23. The van der Waals surface area contributed by atoms with Crippen molar-refractivity contribution in [2.75, 3.05) is 13.7 Å². The highest BCUT2D eigenvalue weighted by Crippen LogP contribution is 2.18. The zero-order valence-electron chi connectivity index (χ0n) is 18.2. The Bertz CT molecular complexity index is 1080. The Labute approximate surface area is 186 Å². The summed E-state index contributed by atoms with van der Waals surface area (Å²) in [5.41, 5.74) is 2.26. The fourth-order valence-corrected chi connectivity index (χ4v) is 3.40. The number of nitrogens with zero attached hydrogens (tertiary/aromatic N) is 1. The van der Waals surface area contributed by atoms with Gasteiger partial charge >= 0.3 is 12.1 Å². The molecule has 0 bridgehead atoms. The number of alkyl carbamates (subject to hydrolysis) is 1. The molecule has 0 aliphatic carbocycles. The molecule has 1 heterocycles. The van der Waals surface area contributed by atoms with E-state index in [2.05, 4.69) is 10.6 Å². The third-order valence-corrected chi connectivity index (χ3v) is 5.13. The number of aromatic nitrogens is 1. The van der Waals surface area contributed by atoms with Crippen LogP contribution in [0.5, 0.6) is 0 Å². The molecule has 8 nitrogen and oxygen atoms in total. The Balaban J connectivity index is 1.49. The van der Waals surface area contributed by atoms with Gasteiger partial charge in [0.15, 0.2) is 0 Å². The standard InChI is InChI=1S/C24H27N3O5/c1-27-20-13-7-6-11-18(20)15-21(27)22(28)26-19(23(29)31-2)12-8-14-25-24(30)32-16-17-9-4-3-5-10-17/h3-7,9-11,13,15,19H,8,12,14,16H2,1-2H3,(H,25,30)(H,26,28)/t19-/m0/s1. The van der Waals surface area contributed by atoms with Gasteiger partial charge in [-0.3, -0.25) is 4.79 Å². The average molecular weight is 437 g/mol. The molecule has 0 saturated carbocycles. The summed E-state index contributed by atoms with van der Waals surface area (Å²) in [5.74, 6) is -0.905. The molecule has 8 heteroatoms. The molecular formula is C24H27N3O5. The first kappa shape index (κ1) is 22.9. The second-order valence-electron chi connectivity index (χ2n) is 7.33. The van der Waals surface area contributed by atoms with Crippen LogP contribution in [0.15, 0.2) is 60.7 Å². The van der Waals surface area contributed by atoms with Crippen LogP contribution in [0.25, 0.3) is 10.9 Å². The van der Waals surface area contributed by atoms with Gasteiger partial charge in [0, 0.05) is 24.5 Å². The van der Waals surface area contributed by atoms with Gasteiger partial charge in [0.1, 0.15) is 18.3 Å². The van der Waals surface area contributed by atoms with E-state index in [9.17, 15) is 14.4 Å². The molecule has 0 fully saturated rings. The molecular weight excluding hydrogens is 410 g/mol. The van der Waals surface area contributed by atoms with Gasteiger partial charge in [0.25, 0.3) is 5.91 Å². The van der Waals surface area contributed by atoms with Crippen LogP contribution in [0.4, 0.5) is 4.79 Å². The van der Waals surface area contributed by atoms with Crippen LogP contribution in [0, 0.1) is 0 Å². The molecule has 0 saturated heterocycles. The second-order valence-corrected chi connectivity index (χ2v) is 7.33. The molecule has 168 valence electrons. The summed E-state index contributed by atoms with van der Waals surface area (Å²) in [4.78, 5) is 36.8. The lowest BCUT2D eigenvalue weighted by Gasteiger charge is -2.17. The molecule has 2 amide bonds. The normalized spacial score (nSPS) is 11.6. The zero-order valence-corrected chi connectivity index (χ0v) is 18.2. The summed E-state index contributed by atoms with van der Waals surface area (Å²) < 4.78 is 11.8. The number of amides is 2. The van der Waals surface area contributed by atoms with Crippen molar-refractivity contribution >= 4 is 28.9 Å². The molecule has 2 aromatic carbocycles. The number of carbonyl (C=O) groups excluding carboxylic acids is 3. The maximum absolute atomic E-state index is 12.8. The largest absolute Gasteiger partial charge is 0.467 e. The topological polar surface area (TPSA) is 98.7 Å². The van der Waals surface area contributed by atoms with E-state index in [4.69, 9.17) is 9.47 Å². The van der Waals surface area contributed by atoms with Gasteiger partial charge in [-0.1, -0.05) is 48.5 Å². The minimum absolute atomic E-state index is 0.179. The minimum Gasteiger partial charge on any atom is -0.467 e. The maximum Gasteiger partial charge on any atom is 0.407 e. The van der Waals surface area contributed by atoms with Gasteiger partial charge in [-0.05, 0) is 30.5 Å². The van der Waals surface area contributed by atoms with Gasteiger partial charge in [-0.25, -0.2) is 9.59 Å². The van der Waals surface area contributed by atoms with Gasteiger partial charge in [0.05, 0.1) is 7.11 Å². The minimum atomic E-state index is -0.826. The lowest BCUT2D eigenvalue weighted by atomic mass is 10.1. The number of nitrogens with one attached hydrogen (secondary N) is 2. The summed E-state index contributed by atoms with van der Waals surface area (Å²) in [5, 5.41) is 6.33.